The van der Waals surface area contributed by atoms with Gasteiger partial charge in [0.25, 0.3) is 5.91 Å². The Labute approximate surface area is 196 Å². The number of rotatable bonds is 6. The van der Waals surface area contributed by atoms with E-state index in [2.05, 4.69) is 26.7 Å². The molecule has 2 N–H and O–H groups in total. The summed E-state index contributed by atoms with van der Waals surface area (Å²) in [5.74, 6) is 0.373. The molecule has 1 unspecified atom stereocenters. The van der Waals surface area contributed by atoms with Gasteiger partial charge in [0, 0.05) is 32.4 Å². The normalized spacial score (nSPS) is 11.8. The average Bonchev–Trinajstić information content (AvgIpc) is 3.11. The highest BCUT2D eigenvalue weighted by molar-refractivity contribution is 7.16. The molecule has 5 nitrogen and oxygen atoms in total. The van der Waals surface area contributed by atoms with Gasteiger partial charge in [-0.05, 0) is 62.7 Å². The Morgan fingerprint density at radius 2 is 1.66 bits per heavy atom. The predicted octanol–water partition coefficient (Wildman–Crippen LogP) is 6.57. The second-order valence-corrected chi connectivity index (χ2v) is 9.26. The van der Waals surface area contributed by atoms with E-state index < -0.39 is 0 Å². The average molecular weight is 463 g/mol. The molecular formula is C25H23ClN4OS. The summed E-state index contributed by atoms with van der Waals surface area (Å²) in [6, 6.07) is 20.6. The predicted molar refractivity (Wildman–Crippen MR) is 132 cm³/mol. The third kappa shape index (κ3) is 5.15. The van der Waals surface area contributed by atoms with Crippen LogP contribution in [0.3, 0.4) is 0 Å². The highest BCUT2D eigenvalue weighted by atomic mass is 35.5. The first kappa shape index (κ1) is 22.0. The molecule has 1 amide bonds. The molecule has 0 aliphatic carbocycles. The largest absolute Gasteiger partial charge is 0.343 e. The minimum Gasteiger partial charge on any atom is -0.343 e. The van der Waals surface area contributed by atoms with Crippen LogP contribution in [0.25, 0.3) is 0 Å². The molecule has 1 atom stereocenters. The maximum Gasteiger partial charge on any atom is 0.256 e. The quantitative estimate of drug-likeness (QED) is 0.340. The highest BCUT2D eigenvalue weighted by Crippen LogP contribution is 2.38. The molecule has 0 saturated heterocycles. The van der Waals surface area contributed by atoms with Crippen molar-refractivity contribution in [1.29, 1.82) is 0 Å². The van der Waals surface area contributed by atoms with E-state index in [0.29, 0.717) is 16.5 Å². The van der Waals surface area contributed by atoms with Gasteiger partial charge >= 0.3 is 0 Å². The van der Waals surface area contributed by atoms with Crippen LogP contribution in [0.4, 0.5) is 10.9 Å². The van der Waals surface area contributed by atoms with Crippen molar-refractivity contribution < 1.29 is 4.79 Å². The topological polar surface area (TPSA) is 66.9 Å². The van der Waals surface area contributed by atoms with Crippen LogP contribution in [0.15, 0.2) is 66.7 Å². The van der Waals surface area contributed by atoms with Crippen molar-refractivity contribution in [3.05, 3.63) is 105 Å². The summed E-state index contributed by atoms with van der Waals surface area (Å²) in [5, 5.41) is 7.96. The van der Waals surface area contributed by atoms with Crippen LogP contribution in [0.5, 0.6) is 0 Å². The van der Waals surface area contributed by atoms with E-state index in [1.54, 1.807) is 12.1 Å². The number of hydrogen-bond donors (Lipinski definition) is 2. The van der Waals surface area contributed by atoms with Crippen LogP contribution in [0, 0.1) is 20.8 Å². The number of carbonyl (C=O) groups is 1. The van der Waals surface area contributed by atoms with E-state index >= 15 is 0 Å². The van der Waals surface area contributed by atoms with Gasteiger partial charge in [-0.1, -0.05) is 41.9 Å². The fourth-order valence-corrected chi connectivity index (χ4v) is 4.70. The first-order valence-corrected chi connectivity index (χ1v) is 11.4. The maximum absolute atomic E-state index is 12.9. The van der Waals surface area contributed by atoms with E-state index in [-0.39, 0.29) is 11.9 Å². The Hall–Kier alpha value is -3.22. The zero-order chi connectivity index (χ0) is 22.7. The van der Waals surface area contributed by atoms with E-state index in [9.17, 15) is 4.79 Å². The third-order valence-corrected chi connectivity index (χ3v) is 6.11. The lowest BCUT2D eigenvalue weighted by Crippen LogP contribution is -2.18. The van der Waals surface area contributed by atoms with Crippen molar-refractivity contribution in [1.82, 2.24) is 9.97 Å². The molecule has 0 fully saturated rings. The van der Waals surface area contributed by atoms with Crippen molar-refractivity contribution in [3.63, 3.8) is 0 Å². The SMILES string of the molecule is Cc1cc(C)nc(NC(c2cccc(Cl)c2)c2cc(C)sc2NC(=O)c2ccccc2)n1. The Balaban J connectivity index is 1.75. The number of aryl methyl sites for hydroxylation is 3. The molecule has 0 bridgehead atoms. The summed E-state index contributed by atoms with van der Waals surface area (Å²) < 4.78 is 0. The minimum atomic E-state index is -0.300. The first-order chi connectivity index (χ1) is 15.4. The Kier molecular flexibility index (Phi) is 6.53. The van der Waals surface area contributed by atoms with Crippen molar-refractivity contribution >= 4 is 39.8 Å². The number of anilines is 2. The van der Waals surface area contributed by atoms with Crippen molar-refractivity contribution in [3.8, 4) is 0 Å². The number of nitrogens with zero attached hydrogens (tertiary/aromatic N) is 2. The molecule has 162 valence electrons. The van der Waals surface area contributed by atoms with Gasteiger partial charge in [0.05, 0.1) is 6.04 Å². The van der Waals surface area contributed by atoms with Gasteiger partial charge < -0.3 is 10.6 Å². The second-order valence-electron chi connectivity index (χ2n) is 7.57. The monoisotopic (exact) mass is 462 g/mol. The fourth-order valence-electron chi connectivity index (χ4n) is 3.56. The molecular weight excluding hydrogens is 440 g/mol. The molecule has 0 aliphatic rings. The summed E-state index contributed by atoms with van der Waals surface area (Å²) in [7, 11) is 0. The summed E-state index contributed by atoms with van der Waals surface area (Å²) >= 11 is 7.85. The van der Waals surface area contributed by atoms with Crippen LogP contribution in [0.2, 0.25) is 5.02 Å². The first-order valence-electron chi connectivity index (χ1n) is 10.2. The number of aromatic nitrogens is 2. The fraction of sp³-hybridized carbons (Fsp3) is 0.160. The van der Waals surface area contributed by atoms with Gasteiger partial charge in [-0.25, -0.2) is 9.97 Å². The molecule has 0 saturated carbocycles. The smallest absolute Gasteiger partial charge is 0.256 e. The molecule has 32 heavy (non-hydrogen) atoms. The Morgan fingerprint density at radius 3 is 2.34 bits per heavy atom. The van der Waals surface area contributed by atoms with Crippen molar-refractivity contribution in [2.24, 2.45) is 0 Å². The van der Waals surface area contributed by atoms with Crippen molar-refractivity contribution in [2.45, 2.75) is 26.8 Å². The second kappa shape index (κ2) is 9.51. The van der Waals surface area contributed by atoms with Gasteiger partial charge in [0.1, 0.15) is 5.00 Å². The number of carbonyl (C=O) groups excluding carboxylic acids is 1. The van der Waals surface area contributed by atoms with E-state index in [0.717, 1.165) is 32.4 Å². The lowest BCUT2D eigenvalue weighted by atomic mass is 10.00. The lowest BCUT2D eigenvalue weighted by molar-refractivity contribution is 0.102. The van der Waals surface area contributed by atoms with Crippen LogP contribution in [-0.4, -0.2) is 15.9 Å². The molecule has 4 aromatic rings. The summed E-state index contributed by atoms with van der Waals surface area (Å²) in [6.45, 7) is 5.90. The summed E-state index contributed by atoms with van der Waals surface area (Å²) in [6.07, 6.45) is 0. The standard InChI is InChI=1S/C25H23ClN4OS/c1-15-12-16(2)28-25(27-15)29-22(19-10-7-11-20(26)14-19)21-13-17(3)32-24(21)30-23(31)18-8-5-4-6-9-18/h4-14,22H,1-3H3,(H,30,31)(H,27,28,29). The van der Waals surface area contributed by atoms with Gasteiger partial charge in [-0.2, -0.15) is 0 Å². The zero-order valence-corrected chi connectivity index (χ0v) is 19.6. The highest BCUT2D eigenvalue weighted by Gasteiger charge is 2.23. The third-order valence-electron chi connectivity index (χ3n) is 4.90. The molecule has 2 heterocycles. The molecule has 2 aromatic carbocycles. The number of nitrogens with one attached hydrogen (secondary N) is 2. The lowest BCUT2D eigenvalue weighted by Gasteiger charge is -2.21. The molecule has 4 rings (SSSR count). The van der Waals surface area contributed by atoms with Gasteiger partial charge in [0.15, 0.2) is 0 Å². The number of benzene rings is 2. The number of thiophene rings is 1. The molecule has 0 aliphatic heterocycles. The number of halogens is 1. The van der Waals surface area contributed by atoms with E-state index in [1.807, 2.05) is 69.3 Å². The van der Waals surface area contributed by atoms with Gasteiger partial charge in [0.2, 0.25) is 5.95 Å². The molecule has 7 heteroatoms. The Morgan fingerprint density at radius 1 is 0.938 bits per heavy atom. The Bertz CT molecular complexity index is 1240. The number of hydrogen-bond acceptors (Lipinski definition) is 5. The minimum absolute atomic E-state index is 0.152. The van der Waals surface area contributed by atoms with Crippen LogP contribution in [-0.2, 0) is 0 Å². The number of amides is 1. The zero-order valence-electron chi connectivity index (χ0n) is 18.0. The van der Waals surface area contributed by atoms with Crippen LogP contribution < -0.4 is 10.6 Å². The van der Waals surface area contributed by atoms with Gasteiger partial charge in [-0.15, -0.1) is 11.3 Å². The van der Waals surface area contributed by atoms with Crippen LogP contribution >= 0.6 is 22.9 Å². The molecule has 0 spiro atoms. The van der Waals surface area contributed by atoms with E-state index in [1.165, 1.54) is 11.3 Å². The molecule has 2 aromatic heterocycles. The van der Waals surface area contributed by atoms with E-state index in [4.69, 9.17) is 11.6 Å². The van der Waals surface area contributed by atoms with Crippen LogP contribution in [0.1, 0.15) is 43.8 Å². The van der Waals surface area contributed by atoms with Gasteiger partial charge in [-0.3, -0.25) is 4.79 Å². The maximum atomic E-state index is 12.9. The molecule has 0 radical (unpaired) electrons. The summed E-state index contributed by atoms with van der Waals surface area (Å²) in [5.41, 5.74) is 4.25. The van der Waals surface area contributed by atoms with Crippen molar-refractivity contribution in [2.75, 3.05) is 10.6 Å². The summed E-state index contributed by atoms with van der Waals surface area (Å²) in [4.78, 5) is 23.1.